The minimum absolute atomic E-state index is 0.0761. The molecule has 2 aromatic rings. The molecule has 0 spiro atoms. The first-order chi connectivity index (χ1) is 11.6. The lowest BCUT2D eigenvalue weighted by atomic mass is 10.1. The van der Waals surface area contributed by atoms with Crippen LogP contribution in [0.3, 0.4) is 0 Å². The number of para-hydroxylation sites is 1. The Morgan fingerprint density at radius 1 is 0.958 bits per heavy atom. The molecule has 0 N–H and O–H groups in total. The quantitative estimate of drug-likeness (QED) is 0.571. The number of ether oxygens (including phenoxy) is 2. The monoisotopic (exact) mass is 326 g/mol. The van der Waals surface area contributed by atoms with Gasteiger partial charge in [-0.25, -0.2) is 4.79 Å². The van der Waals surface area contributed by atoms with E-state index in [-0.39, 0.29) is 12.4 Å². The highest BCUT2D eigenvalue weighted by molar-refractivity contribution is 5.91. The molecule has 0 fully saturated rings. The lowest BCUT2D eigenvalue weighted by Crippen LogP contribution is -2.12. The molecule has 0 aliphatic rings. The molecule has 4 nitrogen and oxygen atoms in total. The second-order valence-electron chi connectivity index (χ2n) is 5.43. The van der Waals surface area contributed by atoms with Crippen molar-refractivity contribution in [2.45, 2.75) is 33.1 Å². The molecule has 2 aromatic carbocycles. The van der Waals surface area contributed by atoms with Gasteiger partial charge < -0.3 is 9.47 Å². The van der Waals surface area contributed by atoms with Crippen LogP contribution in [0, 0.1) is 0 Å². The van der Waals surface area contributed by atoms with Gasteiger partial charge in [0.05, 0.1) is 18.6 Å². The Bertz CT molecular complexity index is 689. The number of hydrogen-bond acceptors (Lipinski definition) is 4. The van der Waals surface area contributed by atoms with E-state index in [1.54, 1.807) is 43.3 Å². The van der Waals surface area contributed by atoms with E-state index in [0.29, 0.717) is 23.5 Å². The van der Waals surface area contributed by atoms with Gasteiger partial charge in [-0.2, -0.15) is 0 Å². The molecule has 0 radical (unpaired) electrons. The molecule has 4 heteroatoms. The van der Waals surface area contributed by atoms with Gasteiger partial charge >= 0.3 is 11.9 Å². The van der Waals surface area contributed by atoms with Crippen LogP contribution in [0.15, 0.2) is 48.5 Å². The predicted octanol–water partition coefficient (Wildman–Crippen LogP) is 3.96. The molecule has 0 atom stereocenters. The maximum atomic E-state index is 12.3. The van der Waals surface area contributed by atoms with Crippen molar-refractivity contribution < 1.29 is 19.1 Å². The highest BCUT2D eigenvalue weighted by Crippen LogP contribution is 2.20. The van der Waals surface area contributed by atoms with Gasteiger partial charge in [0.25, 0.3) is 0 Å². The summed E-state index contributed by atoms with van der Waals surface area (Å²) in [7, 11) is 0. The standard InChI is InChI=1S/C20H22O4/c1-3-7-15-10-12-16(13-11-15)20(22)24-18-9-6-5-8-17(18)14-19(21)23-4-2/h5-6,8-13H,3-4,7,14H2,1-2H3. The van der Waals surface area contributed by atoms with Crippen LogP contribution in [0.1, 0.15) is 41.8 Å². The second kappa shape index (κ2) is 8.87. The van der Waals surface area contributed by atoms with E-state index >= 15 is 0 Å². The summed E-state index contributed by atoms with van der Waals surface area (Å²) in [5.41, 5.74) is 2.31. The molecule has 0 saturated heterocycles. The van der Waals surface area contributed by atoms with Crippen molar-refractivity contribution in [1.29, 1.82) is 0 Å². The van der Waals surface area contributed by atoms with Crippen LogP contribution < -0.4 is 4.74 Å². The van der Waals surface area contributed by atoms with Gasteiger partial charge in [-0.3, -0.25) is 4.79 Å². The molecule has 2 rings (SSSR count). The molecule has 0 saturated carbocycles. The second-order valence-corrected chi connectivity index (χ2v) is 5.43. The van der Waals surface area contributed by atoms with E-state index in [0.717, 1.165) is 12.8 Å². The summed E-state index contributed by atoms with van der Waals surface area (Å²) in [4.78, 5) is 24.0. The first kappa shape index (κ1) is 17.7. The van der Waals surface area contributed by atoms with Crippen LogP contribution in [0.2, 0.25) is 0 Å². The van der Waals surface area contributed by atoms with Gasteiger partial charge in [-0.1, -0.05) is 43.7 Å². The molecule has 0 aliphatic carbocycles. The molecule has 126 valence electrons. The Morgan fingerprint density at radius 2 is 1.67 bits per heavy atom. The van der Waals surface area contributed by atoms with Crippen LogP contribution in [0.5, 0.6) is 5.75 Å². The van der Waals surface area contributed by atoms with Crippen molar-refractivity contribution in [3.63, 3.8) is 0 Å². The number of esters is 2. The van der Waals surface area contributed by atoms with Gasteiger partial charge in [-0.15, -0.1) is 0 Å². The van der Waals surface area contributed by atoms with E-state index in [4.69, 9.17) is 9.47 Å². The van der Waals surface area contributed by atoms with Crippen molar-refractivity contribution in [2.75, 3.05) is 6.61 Å². The fourth-order valence-corrected chi connectivity index (χ4v) is 2.37. The van der Waals surface area contributed by atoms with Crippen molar-refractivity contribution in [3.05, 3.63) is 65.2 Å². The first-order valence-corrected chi connectivity index (χ1v) is 8.18. The van der Waals surface area contributed by atoms with Gasteiger partial charge in [-0.05, 0) is 37.1 Å². The van der Waals surface area contributed by atoms with Crippen LogP contribution >= 0.6 is 0 Å². The maximum absolute atomic E-state index is 12.3. The lowest BCUT2D eigenvalue weighted by molar-refractivity contribution is -0.142. The Labute approximate surface area is 142 Å². The van der Waals surface area contributed by atoms with E-state index < -0.39 is 5.97 Å². The van der Waals surface area contributed by atoms with Gasteiger partial charge in [0.2, 0.25) is 0 Å². The lowest BCUT2D eigenvalue weighted by Gasteiger charge is -2.10. The Hall–Kier alpha value is -2.62. The minimum Gasteiger partial charge on any atom is -0.466 e. The summed E-state index contributed by atoms with van der Waals surface area (Å²) >= 11 is 0. The number of benzene rings is 2. The number of aryl methyl sites for hydroxylation is 1. The molecule has 24 heavy (non-hydrogen) atoms. The molecule has 0 unspecified atom stereocenters. The highest BCUT2D eigenvalue weighted by Gasteiger charge is 2.14. The Kier molecular flexibility index (Phi) is 6.55. The Morgan fingerprint density at radius 3 is 2.33 bits per heavy atom. The van der Waals surface area contributed by atoms with Crippen molar-refractivity contribution in [2.24, 2.45) is 0 Å². The molecule has 0 amide bonds. The van der Waals surface area contributed by atoms with E-state index in [1.807, 2.05) is 12.1 Å². The smallest absolute Gasteiger partial charge is 0.343 e. The number of carbonyl (C=O) groups excluding carboxylic acids is 2. The topological polar surface area (TPSA) is 52.6 Å². The summed E-state index contributed by atoms with van der Waals surface area (Å²) in [6, 6.07) is 14.4. The van der Waals surface area contributed by atoms with Crippen molar-refractivity contribution in [3.8, 4) is 5.75 Å². The Balaban J connectivity index is 2.09. The molecular formula is C20H22O4. The molecule has 0 heterocycles. The van der Waals surface area contributed by atoms with Crippen molar-refractivity contribution >= 4 is 11.9 Å². The highest BCUT2D eigenvalue weighted by atomic mass is 16.5. The first-order valence-electron chi connectivity index (χ1n) is 8.18. The zero-order chi connectivity index (χ0) is 17.4. The summed E-state index contributed by atoms with van der Waals surface area (Å²) in [5, 5.41) is 0. The third kappa shape index (κ3) is 4.95. The zero-order valence-corrected chi connectivity index (χ0v) is 14.1. The summed E-state index contributed by atoms with van der Waals surface area (Å²) < 4.78 is 10.4. The van der Waals surface area contributed by atoms with E-state index in [9.17, 15) is 9.59 Å². The van der Waals surface area contributed by atoms with Crippen LogP contribution in [-0.2, 0) is 22.4 Å². The molecule has 0 aliphatic heterocycles. The third-order valence-electron chi connectivity index (χ3n) is 3.54. The number of carbonyl (C=O) groups is 2. The summed E-state index contributed by atoms with van der Waals surface area (Å²) in [5.74, 6) is -0.396. The average Bonchev–Trinajstić information content (AvgIpc) is 2.58. The predicted molar refractivity (Wildman–Crippen MR) is 92.2 cm³/mol. The van der Waals surface area contributed by atoms with Gasteiger partial charge in [0.1, 0.15) is 5.75 Å². The SMILES string of the molecule is CCCc1ccc(C(=O)Oc2ccccc2CC(=O)OCC)cc1. The minimum atomic E-state index is -0.436. The van der Waals surface area contributed by atoms with E-state index in [2.05, 4.69) is 6.92 Å². The fraction of sp³-hybridized carbons (Fsp3) is 0.300. The zero-order valence-electron chi connectivity index (χ0n) is 14.1. The van der Waals surface area contributed by atoms with E-state index in [1.165, 1.54) is 5.56 Å². The van der Waals surface area contributed by atoms with Gasteiger partial charge in [0, 0.05) is 5.56 Å². The van der Waals surface area contributed by atoms with Crippen LogP contribution in [0.4, 0.5) is 0 Å². The normalized spacial score (nSPS) is 10.2. The largest absolute Gasteiger partial charge is 0.466 e. The third-order valence-corrected chi connectivity index (χ3v) is 3.54. The van der Waals surface area contributed by atoms with Gasteiger partial charge in [0.15, 0.2) is 0 Å². The summed E-state index contributed by atoms with van der Waals surface area (Å²) in [6.45, 7) is 4.19. The maximum Gasteiger partial charge on any atom is 0.343 e. The molecular weight excluding hydrogens is 304 g/mol. The fourth-order valence-electron chi connectivity index (χ4n) is 2.37. The number of hydrogen-bond donors (Lipinski definition) is 0. The molecule has 0 bridgehead atoms. The molecule has 0 aromatic heterocycles. The van der Waals surface area contributed by atoms with Crippen LogP contribution in [0.25, 0.3) is 0 Å². The number of rotatable bonds is 7. The van der Waals surface area contributed by atoms with Crippen LogP contribution in [-0.4, -0.2) is 18.5 Å². The summed E-state index contributed by atoms with van der Waals surface area (Å²) in [6.07, 6.45) is 2.12. The van der Waals surface area contributed by atoms with Crippen molar-refractivity contribution in [1.82, 2.24) is 0 Å². The average molecular weight is 326 g/mol.